The van der Waals surface area contributed by atoms with Crippen molar-refractivity contribution in [2.24, 2.45) is 0 Å². The first-order valence-corrected chi connectivity index (χ1v) is 6.93. The van der Waals surface area contributed by atoms with Gasteiger partial charge in [0.25, 0.3) is 5.22 Å². The molecule has 8 nitrogen and oxygen atoms in total. The van der Waals surface area contributed by atoms with Crippen molar-refractivity contribution < 1.29 is 27.9 Å². The Morgan fingerprint density at radius 2 is 2.05 bits per heavy atom. The molecule has 0 aliphatic rings. The van der Waals surface area contributed by atoms with Gasteiger partial charge in [0.1, 0.15) is 5.76 Å². The summed E-state index contributed by atoms with van der Waals surface area (Å²) in [5, 5.41) is 7.48. The Morgan fingerprint density at radius 3 is 2.76 bits per heavy atom. The molecule has 2 rings (SSSR count). The van der Waals surface area contributed by atoms with E-state index in [1.807, 2.05) is 0 Å². The topological polar surface area (TPSA) is 105 Å². The minimum Gasteiger partial charge on any atom is -0.463 e. The van der Waals surface area contributed by atoms with Crippen LogP contribution in [0.25, 0.3) is 0 Å². The summed E-state index contributed by atoms with van der Waals surface area (Å²) in [5.74, 6) is -0.394. The molecule has 2 aromatic rings. The average molecular weight is 312 g/mol. The van der Waals surface area contributed by atoms with Crippen molar-refractivity contribution >= 4 is 23.7 Å². The summed E-state index contributed by atoms with van der Waals surface area (Å²) >= 11 is 1.17. The highest BCUT2D eigenvalue weighted by atomic mass is 32.2. The minimum absolute atomic E-state index is 0.117. The third-order valence-electron chi connectivity index (χ3n) is 2.24. The fourth-order valence-corrected chi connectivity index (χ4v) is 2.00. The van der Waals surface area contributed by atoms with Crippen LogP contribution >= 0.6 is 11.8 Å². The maximum Gasteiger partial charge on any atom is 0.396 e. The van der Waals surface area contributed by atoms with Crippen molar-refractivity contribution in [1.82, 2.24) is 10.2 Å². The van der Waals surface area contributed by atoms with Crippen LogP contribution in [0.1, 0.15) is 33.9 Å². The number of esters is 2. The van der Waals surface area contributed by atoms with E-state index in [2.05, 4.69) is 14.9 Å². The molecule has 0 unspecified atom stereocenters. The zero-order valence-electron chi connectivity index (χ0n) is 11.3. The van der Waals surface area contributed by atoms with E-state index in [1.165, 1.54) is 24.9 Å². The Morgan fingerprint density at radius 1 is 1.24 bits per heavy atom. The van der Waals surface area contributed by atoms with Gasteiger partial charge in [0, 0.05) is 0 Å². The van der Waals surface area contributed by atoms with E-state index in [0.29, 0.717) is 11.5 Å². The Hall–Kier alpha value is -2.29. The summed E-state index contributed by atoms with van der Waals surface area (Å²) < 4.78 is 19.7. The number of thioether (sulfide) groups is 1. The first-order chi connectivity index (χ1) is 10.1. The highest BCUT2D eigenvalue weighted by Gasteiger charge is 2.17. The second-order valence-corrected chi connectivity index (χ2v) is 4.57. The molecule has 0 N–H and O–H groups in total. The van der Waals surface area contributed by atoms with Crippen LogP contribution in [-0.4, -0.2) is 35.9 Å². The lowest BCUT2D eigenvalue weighted by Crippen LogP contribution is -2.04. The highest BCUT2D eigenvalue weighted by molar-refractivity contribution is 7.98. The molecule has 0 bridgehead atoms. The predicted molar refractivity (Wildman–Crippen MR) is 69.9 cm³/mol. The Balaban J connectivity index is 1.92. The normalized spacial score (nSPS) is 10.4. The lowest BCUT2D eigenvalue weighted by molar-refractivity contribution is 0.0474. The molecule has 0 spiro atoms. The maximum absolute atomic E-state index is 11.3. The van der Waals surface area contributed by atoms with Crippen LogP contribution in [0.2, 0.25) is 0 Å². The summed E-state index contributed by atoms with van der Waals surface area (Å²) in [6.07, 6.45) is 0. The Labute approximate surface area is 123 Å². The number of nitrogens with zero attached hydrogens (tertiary/aromatic N) is 2. The van der Waals surface area contributed by atoms with Crippen LogP contribution in [0.4, 0.5) is 0 Å². The fourth-order valence-electron chi connectivity index (χ4n) is 1.34. The molecule has 2 aromatic heterocycles. The van der Waals surface area contributed by atoms with Crippen molar-refractivity contribution in [1.29, 1.82) is 0 Å². The van der Waals surface area contributed by atoms with E-state index in [-0.39, 0.29) is 23.5 Å². The van der Waals surface area contributed by atoms with Crippen LogP contribution in [0.15, 0.2) is 26.2 Å². The standard InChI is InChI=1S/C12H12N2O6S/c1-3-18-11(16)9-13-14-12(20-9)21-6-7-4-5-8(19-7)10(15)17-2/h4-5H,3,6H2,1-2H3. The van der Waals surface area contributed by atoms with E-state index in [0.717, 1.165) is 0 Å². The van der Waals surface area contributed by atoms with E-state index in [1.54, 1.807) is 13.0 Å². The molecule has 0 atom stereocenters. The lowest BCUT2D eigenvalue weighted by Gasteiger charge is -1.95. The Kier molecular flexibility index (Phi) is 4.99. The first-order valence-electron chi connectivity index (χ1n) is 5.94. The second-order valence-electron chi connectivity index (χ2n) is 3.64. The number of aromatic nitrogens is 2. The zero-order valence-corrected chi connectivity index (χ0v) is 12.1. The molecule has 112 valence electrons. The number of rotatable bonds is 6. The minimum atomic E-state index is -0.664. The molecule has 0 aliphatic carbocycles. The van der Waals surface area contributed by atoms with Gasteiger partial charge >= 0.3 is 17.8 Å². The van der Waals surface area contributed by atoms with E-state index in [9.17, 15) is 9.59 Å². The quantitative estimate of drug-likeness (QED) is 0.584. The van der Waals surface area contributed by atoms with Crippen LogP contribution in [0, 0.1) is 0 Å². The van der Waals surface area contributed by atoms with Gasteiger partial charge in [-0.3, -0.25) is 0 Å². The maximum atomic E-state index is 11.3. The first kappa shape index (κ1) is 15.1. The average Bonchev–Trinajstić information content (AvgIpc) is 3.13. The highest BCUT2D eigenvalue weighted by Crippen LogP contribution is 2.23. The van der Waals surface area contributed by atoms with Crippen molar-refractivity contribution in [3.8, 4) is 0 Å². The molecule has 0 aromatic carbocycles. The summed E-state index contributed by atoms with van der Waals surface area (Å²) in [6.45, 7) is 1.91. The molecule has 0 aliphatic heterocycles. The van der Waals surface area contributed by atoms with Crippen LogP contribution < -0.4 is 0 Å². The van der Waals surface area contributed by atoms with Gasteiger partial charge < -0.3 is 18.3 Å². The van der Waals surface area contributed by atoms with Gasteiger partial charge in [-0.15, -0.1) is 5.10 Å². The number of hydrogen-bond donors (Lipinski definition) is 0. The molecule has 0 fully saturated rings. The largest absolute Gasteiger partial charge is 0.463 e. The van der Waals surface area contributed by atoms with Gasteiger partial charge in [-0.25, -0.2) is 9.59 Å². The number of carbonyl (C=O) groups is 2. The summed E-state index contributed by atoms with van der Waals surface area (Å²) in [6, 6.07) is 3.15. The smallest absolute Gasteiger partial charge is 0.396 e. The molecule has 2 heterocycles. The fraction of sp³-hybridized carbons (Fsp3) is 0.333. The number of methoxy groups -OCH3 is 1. The number of ether oxygens (including phenoxy) is 2. The van der Waals surface area contributed by atoms with E-state index < -0.39 is 11.9 Å². The van der Waals surface area contributed by atoms with Gasteiger partial charge in [0.2, 0.25) is 5.76 Å². The van der Waals surface area contributed by atoms with Crippen molar-refractivity contribution in [3.05, 3.63) is 29.5 Å². The SMILES string of the molecule is CCOC(=O)c1nnc(SCc2ccc(C(=O)OC)o2)o1. The molecular formula is C12H12N2O6S. The Bertz CT molecular complexity index is 635. The van der Waals surface area contributed by atoms with Crippen molar-refractivity contribution in [2.45, 2.75) is 17.9 Å². The second kappa shape index (κ2) is 6.93. The van der Waals surface area contributed by atoms with Crippen LogP contribution in [0.3, 0.4) is 0 Å². The van der Waals surface area contributed by atoms with Gasteiger partial charge in [-0.1, -0.05) is 16.9 Å². The third kappa shape index (κ3) is 3.85. The van der Waals surface area contributed by atoms with Gasteiger partial charge in [-0.2, -0.15) is 0 Å². The number of hydrogen-bond acceptors (Lipinski definition) is 9. The van der Waals surface area contributed by atoms with Crippen LogP contribution in [0.5, 0.6) is 0 Å². The molecule has 21 heavy (non-hydrogen) atoms. The summed E-state index contributed by atoms with van der Waals surface area (Å²) in [7, 11) is 1.27. The molecular weight excluding hydrogens is 300 g/mol. The molecule has 0 radical (unpaired) electrons. The molecule has 9 heteroatoms. The summed E-state index contributed by atoms with van der Waals surface area (Å²) in [5.41, 5.74) is 0. The van der Waals surface area contributed by atoms with Crippen molar-refractivity contribution in [2.75, 3.05) is 13.7 Å². The van der Waals surface area contributed by atoms with Crippen molar-refractivity contribution in [3.63, 3.8) is 0 Å². The predicted octanol–water partition coefficient (Wildman–Crippen LogP) is 1.92. The monoisotopic (exact) mass is 312 g/mol. The molecule has 0 saturated carbocycles. The van der Waals surface area contributed by atoms with Gasteiger partial charge in [0.05, 0.1) is 19.5 Å². The van der Waals surface area contributed by atoms with E-state index >= 15 is 0 Å². The molecule has 0 saturated heterocycles. The summed E-state index contributed by atoms with van der Waals surface area (Å²) in [4.78, 5) is 22.6. The third-order valence-corrected chi connectivity index (χ3v) is 3.08. The lowest BCUT2D eigenvalue weighted by atomic mass is 10.4. The zero-order chi connectivity index (χ0) is 15.2. The van der Waals surface area contributed by atoms with Crippen LogP contribution in [-0.2, 0) is 15.2 Å². The van der Waals surface area contributed by atoms with E-state index in [4.69, 9.17) is 13.6 Å². The molecule has 0 amide bonds. The number of furan rings is 1. The number of carbonyl (C=O) groups excluding carboxylic acids is 2. The van der Waals surface area contributed by atoms with Gasteiger partial charge in [0.15, 0.2) is 0 Å². The van der Waals surface area contributed by atoms with Gasteiger partial charge in [-0.05, 0) is 19.1 Å².